The van der Waals surface area contributed by atoms with Crippen LogP contribution in [0.3, 0.4) is 0 Å². The molecule has 1 aliphatic heterocycles. The summed E-state index contributed by atoms with van der Waals surface area (Å²) in [4.78, 5) is 11.3. The molecule has 1 heterocycles. The molecule has 1 aromatic carbocycles. The summed E-state index contributed by atoms with van der Waals surface area (Å²) in [5.74, 6) is 0.577. The van der Waals surface area contributed by atoms with Crippen LogP contribution in [0, 0.1) is 11.8 Å². The van der Waals surface area contributed by atoms with Crippen LogP contribution in [0.4, 0.5) is 5.69 Å². The molecule has 1 aromatic rings. The summed E-state index contributed by atoms with van der Waals surface area (Å²) < 4.78 is 26.9. The Morgan fingerprint density at radius 2 is 1.67 bits per heavy atom. The highest BCUT2D eigenvalue weighted by molar-refractivity contribution is 7.89. The Labute approximate surface area is 126 Å². The van der Waals surface area contributed by atoms with Crippen LogP contribution in [-0.4, -0.2) is 31.7 Å². The molecule has 0 bridgehead atoms. The van der Waals surface area contributed by atoms with E-state index in [-0.39, 0.29) is 10.8 Å². The maximum absolute atomic E-state index is 12.7. The lowest BCUT2D eigenvalue weighted by Gasteiger charge is -2.34. The minimum absolute atomic E-state index is 0.177. The fraction of sp³-hybridized carbons (Fsp3) is 0.533. The summed E-state index contributed by atoms with van der Waals surface area (Å²) in [6, 6.07) is 6.32. The number of carbonyl (C=O) groups is 1. The average Bonchev–Trinajstić information content (AvgIpc) is 2.37. The molecule has 0 unspecified atom stereocenters. The van der Waals surface area contributed by atoms with Crippen molar-refractivity contribution in [1.82, 2.24) is 4.31 Å². The zero-order valence-corrected chi connectivity index (χ0v) is 13.5. The highest BCUT2D eigenvalue weighted by Crippen LogP contribution is 2.27. The van der Waals surface area contributed by atoms with E-state index in [1.807, 2.05) is 0 Å². The molecule has 5 nitrogen and oxygen atoms in total. The molecule has 0 saturated carbocycles. The summed E-state index contributed by atoms with van der Waals surface area (Å²) in [5, 5.41) is 2.63. The standard InChI is InChI=1S/C15H22N2O3S/c1-11-8-12(2)10-17(9-11)21(19,20)15-6-4-14(5-7-15)16-13(3)18/h4-7,11-12H,8-10H2,1-3H3,(H,16,18)/t11-,12+. The molecule has 1 aliphatic rings. The number of anilines is 1. The predicted molar refractivity (Wildman–Crippen MR) is 82.4 cm³/mol. The van der Waals surface area contributed by atoms with Crippen molar-refractivity contribution < 1.29 is 13.2 Å². The van der Waals surface area contributed by atoms with Gasteiger partial charge in [-0.15, -0.1) is 0 Å². The first-order valence-corrected chi connectivity index (χ1v) is 8.61. The Morgan fingerprint density at radius 3 is 2.14 bits per heavy atom. The third-order valence-electron chi connectivity index (χ3n) is 3.65. The van der Waals surface area contributed by atoms with E-state index in [0.29, 0.717) is 30.6 Å². The molecular formula is C15H22N2O3S. The van der Waals surface area contributed by atoms with Gasteiger partial charge in [-0.3, -0.25) is 4.79 Å². The molecule has 21 heavy (non-hydrogen) atoms. The van der Waals surface area contributed by atoms with Crippen LogP contribution in [0.25, 0.3) is 0 Å². The van der Waals surface area contributed by atoms with Crippen LogP contribution in [0.5, 0.6) is 0 Å². The van der Waals surface area contributed by atoms with Crippen molar-refractivity contribution in [3.63, 3.8) is 0 Å². The number of rotatable bonds is 3. The first kappa shape index (κ1) is 16.0. The van der Waals surface area contributed by atoms with Crippen molar-refractivity contribution in [2.24, 2.45) is 11.8 Å². The lowest BCUT2D eigenvalue weighted by atomic mass is 9.94. The fourth-order valence-corrected chi connectivity index (χ4v) is 4.54. The maximum atomic E-state index is 12.7. The number of benzene rings is 1. The van der Waals surface area contributed by atoms with Crippen LogP contribution < -0.4 is 5.32 Å². The Bertz CT molecular complexity index is 600. The van der Waals surface area contributed by atoms with Gasteiger partial charge in [0.25, 0.3) is 0 Å². The van der Waals surface area contributed by atoms with Crippen LogP contribution in [0.1, 0.15) is 27.2 Å². The number of hydrogen-bond acceptors (Lipinski definition) is 3. The SMILES string of the molecule is CC(=O)Nc1ccc(S(=O)(=O)N2C[C@H](C)C[C@H](C)C2)cc1. The second-order valence-corrected chi connectivity index (χ2v) is 7.91. The maximum Gasteiger partial charge on any atom is 0.243 e. The third-order valence-corrected chi connectivity index (χ3v) is 5.49. The van der Waals surface area contributed by atoms with E-state index in [1.54, 1.807) is 28.6 Å². The average molecular weight is 310 g/mol. The number of hydrogen-bond donors (Lipinski definition) is 1. The number of nitrogens with zero attached hydrogens (tertiary/aromatic N) is 1. The molecule has 1 amide bonds. The summed E-state index contributed by atoms with van der Waals surface area (Å²) in [6.45, 7) is 6.72. The summed E-state index contributed by atoms with van der Waals surface area (Å²) in [6.07, 6.45) is 1.06. The minimum atomic E-state index is -3.45. The Kier molecular flexibility index (Phi) is 4.68. The molecular weight excluding hydrogens is 288 g/mol. The Hall–Kier alpha value is -1.40. The van der Waals surface area contributed by atoms with Crippen LogP contribution in [0.15, 0.2) is 29.2 Å². The number of amides is 1. The summed E-state index contributed by atoms with van der Waals surface area (Å²) in [7, 11) is -3.45. The van der Waals surface area contributed by atoms with E-state index in [4.69, 9.17) is 0 Å². The predicted octanol–water partition coefficient (Wildman–Crippen LogP) is 2.31. The molecule has 2 rings (SSSR count). The largest absolute Gasteiger partial charge is 0.326 e. The smallest absolute Gasteiger partial charge is 0.243 e. The first-order chi connectivity index (χ1) is 9.79. The summed E-state index contributed by atoms with van der Waals surface area (Å²) >= 11 is 0. The molecule has 0 radical (unpaired) electrons. The van der Waals surface area contributed by atoms with Gasteiger partial charge in [0.15, 0.2) is 0 Å². The molecule has 1 N–H and O–H groups in total. The molecule has 0 spiro atoms. The van der Waals surface area contributed by atoms with E-state index in [2.05, 4.69) is 19.2 Å². The van der Waals surface area contributed by atoms with Crippen molar-refractivity contribution in [1.29, 1.82) is 0 Å². The van der Waals surface area contributed by atoms with Crippen molar-refractivity contribution in [3.8, 4) is 0 Å². The van der Waals surface area contributed by atoms with Gasteiger partial charge in [-0.25, -0.2) is 8.42 Å². The lowest BCUT2D eigenvalue weighted by Crippen LogP contribution is -2.42. The highest BCUT2D eigenvalue weighted by atomic mass is 32.2. The van der Waals surface area contributed by atoms with Gasteiger partial charge in [0.05, 0.1) is 4.90 Å². The second kappa shape index (κ2) is 6.15. The third kappa shape index (κ3) is 3.83. The van der Waals surface area contributed by atoms with Crippen LogP contribution in [-0.2, 0) is 14.8 Å². The Balaban J connectivity index is 2.21. The lowest BCUT2D eigenvalue weighted by molar-refractivity contribution is -0.114. The van der Waals surface area contributed by atoms with Gasteiger partial charge in [-0.05, 0) is 42.5 Å². The van der Waals surface area contributed by atoms with Gasteiger partial charge in [-0.1, -0.05) is 13.8 Å². The molecule has 6 heteroatoms. The minimum Gasteiger partial charge on any atom is -0.326 e. The summed E-state index contributed by atoms with van der Waals surface area (Å²) in [5.41, 5.74) is 0.599. The van der Waals surface area contributed by atoms with Crippen LogP contribution in [0.2, 0.25) is 0 Å². The van der Waals surface area contributed by atoms with Gasteiger partial charge >= 0.3 is 0 Å². The zero-order chi connectivity index (χ0) is 15.6. The number of sulfonamides is 1. The van der Waals surface area contributed by atoms with Crippen molar-refractivity contribution >= 4 is 21.6 Å². The van der Waals surface area contributed by atoms with Gasteiger partial charge in [0, 0.05) is 25.7 Å². The van der Waals surface area contributed by atoms with E-state index >= 15 is 0 Å². The molecule has 1 fully saturated rings. The second-order valence-electron chi connectivity index (χ2n) is 5.97. The van der Waals surface area contributed by atoms with Gasteiger partial charge < -0.3 is 5.32 Å². The van der Waals surface area contributed by atoms with Crippen LogP contribution >= 0.6 is 0 Å². The topological polar surface area (TPSA) is 66.5 Å². The molecule has 0 aromatic heterocycles. The van der Waals surface area contributed by atoms with E-state index in [1.165, 1.54) is 6.92 Å². The van der Waals surface area contributed by atoms with Gasteiger partial charge in [-0.2, -0.15) is 4.31 Å². The quantitative estimate of drug-likeness (QED) is 0.931. The van der Waals surface area contributed by atoms with E-state index in [0.717, 1.165) is 6.42 Å². The first-order valence-electron chi connectivity index (χ1n) is 7.17. The Morgan fingerprint density at radius 1 is 1.14 bits per heavy atom. The molecule has 116 valence electrons. The normalized spacial score (nSPS) is 23.8. The zero-order valence-electron chi connectivity index (χ0n) is 12.7. The van der Waals surface area contributed by atoms with E-state index in [9.17, 15) is 13.2 Å². The molecule has 2 atom stereocenters. The number of carbonyl (C=O) groups excluding carboxylic acids is 1. The van der Waals surface area contributed by atoms with Gasteiger partial charge in [0.1, 0.15) is 0 Å². The monoisotopic (exact) mass is 310 g/mol. The molecule has 1 saturated heterocycles. The molecule has 0 aliphatic carbocycles. The number of piperidine rings is 1. The number of nitrogens with one attached hydrogen (secondary N) is 1. The van der Waals surface area contributed by atoms with Crippen molar-refractivity contribution in [3.05, 3.63) is 24.3 Å². The van der Waals surface area contributed by atoms with E-state index < -0.39 is 10.0 Å². The highest BCUT2D eigenvalue weighted by Gasteiger charge is 2.31. The van der Waals surface area contributed by atoms with Crippen molar-refractivity contribution in [2.75, 3.05) is 18.4 Å². The van der Waals surface area contributed by atoms with Gasteiger partial charge in [0.2, 0.25) is 15.9 Å². The fourth-order valence-electron chi connectivity index (χ4n) is 2.86. The van der Waals surface area contributed by atoms with Crippen molar-refractivity contribution in [2.45, 2.75) is 32.1 Å².